The topological polar surface area (TPSA) is 57.6 Å². The van der Waals surface area contributed by atoms with Crippen LogP contribution in [-0.2, 0) is 9.59 Å². The first-order valence-electron chi connectivity index (χ1n) is 5.19. The fraction of sp³-hybridized carbons (Fsp3) is 0.333. The second-order valence-electron chi connectivity index (χ2n) is 3.91. The number of carbonyl (C=O) groups excluding carboxylic acids is 1. The van der Waals surface area contributed by atoms with Gasteiger partial charge in [-0.05, 0) is 19.9 Å². The van der Waals surface area contributed by atoms with Gasteiger partial charge in [0.15, 0.2) is 6.04 Å². The summed E-state index contributed by atoms with van der Waals surface area (Å²) in [6.45, 7) is 3.56. The summed E-state index contributed by atoms with van der Waals surface area (Å²) >= 11 is 3.31. The number of rotatable bonds is 5. The highest BCUT2D eigenvalue weighted by atomic mass is 79.9. The monoisotopic (exact) mass is 299 g/mol. The largest absolute Gasteiger partial charge is 0.479 e. The van der Waals surface area contributed by atoms with Crippen molar-refractivity contribution in [2.24, 2.45) is 0 Å². The summed E-state index contributed by atoms with van der Waals surface area (Å²) < 4.78 is 0.680. The molecule has 0 spiro atoms. The van der Waals surface area contributed by atoms with Gasteiger partial charge >= 0.3 is 5.97 Å². The second-order valence-corrected chi connectivity index (χ2v) is 4.76. The Balaban J connectivity index is 3.22. The highest BCUT2D eigenvalue weighted by Gasteiger charge is 2.29. The summed E-state index contributed by atoms with van der Waals surface area (Å²) in [6, 6.07) is 5.85. The maximum absolute atomic E-state index is 11.3. The Morgan fingerprint density at radius 3 is 2.41 bits per heavy atom. The van der Waals surface area contributed by atoms with Gasteiger partial charge in [0.1, 0.15) is 0 Å². The van der Waals surface area contributed by atoms with Crippen molar-refractivity contribution in [1.82, 2.24) is 4.90 Å². The van der Waals surface area contributed by atoms with E-state index in [4.69, 9.17) is 0 Å². The van der Waals surface area contributed by atoms with Crippen LogP contribution in [0, 0.1) is 0 Å². The molecule has 0 saturated carbocycles. The second kappa shape index (κ2) is 5.82. The Hall–Kier alpha value is -1.36. The zero-order chi connectivity index (χ0) is 13.0. The van der Waals surface area contributed by atoms with Gasteiger partial charge in [0.25, 0.3) is 0 Å². The van der Waals surface area contributed by atoms with E-state index in [0.717, 1.165) is 0 Å². The minimum absolute atomic E-state index is 0.180. The molecule has 1 amide bonds. The first-order chi connectivity index (χ1) is 7.99. The first kappa shape index (κ1) is 13.7. The predicted molar refractivity (Wildman–Crippen MR) is 67.6 cm³/mol. The van der Waals surface area contributed by atoms with E-state index in [0.29, 0.717) is 16.4 Å². The normalized spacial score (nSPS) is 12.2. The number of carbonyl (C=O) groups is 2. The molecule has 0 radical (unpaired) electrons. The SMILES string of the molecule is CC(C)N(C=O)C(C(=O)O)c1ccccc1Br. The first-order valence-corrected chi connectivity index (χ1v) is 5.98. The molecule has 1 rings (SSSR count). The number of hydrogen-bond donors (Lipinski definition) is 1. The van der Waals surface area contributed by atoms with E-state index in [1.54, 1.807) is 38.1 Å². The fourth-order valence-electron chi connectivity index (χ4n) is 1.60. The molecule has 0 aliphatic rings. The van der Waals surface area contributed by atoms with Crippen LogP contribution < -0.4 is 0 Å². The van der Waals surface area contributed by atoms with E-state index in [1.807, 2.05) is 0 Å². The van der Waals surface area contributed by atoms with E-state index < -0.39 is 12.0 Å². The van der Waals surface area contributed by atoms with Crippen LogP contribution in [0.1, 0.15) is 25.5 Å². The molecule has 0 aliphatic heterocycles. The van der Waals surface area contributed by atoms with E-state index in [2.05, 4.69) is 15.9 Å². The lowest BCUT2D eigenvalue weighted by molar-refractivity contribution is -0.148. The molecule has 0 heterocycles. The smallest absolute Gasteiger partial charge is 0.331 e. The number of amides is 1. The number of hydrogen-bond acceptors (Lipinski definition) is 2. The van der Waals surface area contributed by atoms with Gasteiger partial charge in [-0.25, -0.2) is 4.79 Å². The third-order valence-electron chi connectivity index (χ3n) is 2.45. The quantitative estimate of drug-likeness (QED) is 0.850. The van der Waals surface area contributed by atoms with Crippen LogP contribution in [0.3, 0.4) is 0 Å². The van der Waals surface area contributed by atoms with Crippen molar-refractivity contribution < 1.29 is 14.7 Å². The Bertz CT molecular complexity index is 420. The van der Waals surface area contributed by atoms with Gasteiger partial charge in [0.2, 0.25) is 6.41 Å². The minimum Gasteiger partial charge on any atom is -0.479 e. The van der Waals surface area contributed by atoms with Gasteiger partial charge < -0.3 is 10.0 Å². The number of nitrogens with zero attached hydrogens (tertiary/aromatic N) is 1. The Kier molecular flexibility index (Phi) is 4.69. The highest BCUT2D eigenvalue weighted by Crippen LogP contribution is 2.28. The molecule has 1 unspecified atom stereocenters. The Morgan fingerprint density at radius 1 is 1.41 bits per heavy atom. The van der Waals surface area contributed by atoms with Crippen LogP contribution in [0.25, 0.3) is 0 Å². The van der Waals surface area contributed by atoms with Crippen molar-refractivity contribution in [3.8, 4) is 0 Å². The van der Waals surface area contributed by atoms with Gasteiger partial charge in [-0.1, -0.05) is 34.1 Å². The maximum atomic E-state index is 11.3. The number of carboxylic acids is 1. The lowest BCUT2D eigenvalue weighted by Crippen LogP contribution is -2.38. The summed E-state index contributed by atoms with van der Waals surface area (Å²) in [7, 11) is 0. The van der Waals surface area contributed by atoms with Crippen LogP contribution >= 0.6 is 15.9 Å². The Morgan fingerprint density at radius 2 is 2.00 bits per heavy atom. The maximum Gasteiger partial charge on any atom is 0.331 e. The van der Waals surface area contributed by atoms with E-state index in [9.17, 15) is 14.7 Å². The summed E-state index contributed by atoms with van der Waals surface area (Å²) in [5, 5.41) is 9.28. The van der Waals surface area contributed by atoms with Crippen LogP contribution in [-0.4, -0.2) is 28.4 Å². The average molecular weight is 300 g/mol. The molecule has 1 N–H and O–H groups in total. The summed E-state index contributed by atoms with van der Waals surface area (Å²) in [5.41, 5.74) is 0.570. The lowest BCUT2D eigenvalue weighted by Gasteiger charge is -2.29. The molecule has 0 saturated heterocycles. The number of benzene rings is 1. The van der Waals surface area contributed by atoms with E-state index >= 15 is 0 Å². The summed E-state index contributed by atoms with van der Waals surface area (Å²) in [4.78, 5) is 23.6. The zero-order valence-corrected chi connectivity index (χ0v) is 11.2. The van der Waals surface area contributed by atoms with Crippen LogP contribution in [0.2, 0.25) is 0 Å². The highest BCUT2D eigenvalue weighted by molar-refractivity contribution is 9.10. The van der Waals surface area contributed by atoms with Gasteiger partial charge in [-0.15, -0.1) is 0 Å². The number of aliphatic carboxylic acids is 1. The molecule has 92 valence electrons. The molecule has 0 bridgehead atoms. The van der Waals surface area contributed by atoms with E-state index in [1.165, 1.54) is 4.90 Å². The van der Waals surface area contributed by atoms with Crippen LogP contribution in [0.15, 0.2) is 28.7 Å². The molecular weight excluding hydrogens is 286 g/mol. The van der Waals surface area contributed by atoms with Gasteiger partial charge in [-0.3, -0.25) is 4.79 Å². The standard InChI is InChI=1S/C12H14BrNO3/c1-8(2)14(7-15)11(12(16)17)9-5-3-4-6-10(9)13/h3-8,11H,1-2H3,(H,16,17). The van der Waals surface area contributed by atoms with Crippen molar-refractivity contribution in [1.29, 1.82) is 0 Å². The van der Waals surface area contributed by atoms with Crippen molar-refractivity contribution in [3.63, 3.8) is 0 Å². The van der Waals surface area contributed by atoms with Gasteiger partial charge in [-0.2, -0.15) is 0 Å². The predicted octanol–water partition coefficient (Wildman–Crippen LogP) is 2.44. The Labute approximate surface area is 108 Å². The third kappa shape index (κ3) is 3.06. The molecule has 1 aromatic carbocycles. The molecule has 0 aliphatic carbocycles. The van der Waals surface area contributed by atoms with Gasteiger partial charge in [0.05, 0.1) is 0 Å². The molecule has 1 aromatic rings. The zero-order valence-electron chi connectivity index (χ0n) is 9.63. The minimum atomic E-state index is -1.04. The summed E-state index contributed by atoms with van der Waals surface area (Å²) in [6.07, 6.45) is 0.572. The molecule has 0 aromatic heterocycles. The van der Waals surface area contributed by atoms with E-state index in [-0.39, 0.29) is 6.04 Å². The van der Waals surface area contributed by atoms with Crippen molar-refractivity contribution in [2.45, 2.75) is 25.9 Å². The molecule has 4 nitrogen and oxygen atoms in total. The number of carboxylic acid groups (broad SMARTS) is 1. The van der Waals surface area contributed by atoms with Crippen molar-refractivity contribution in [3.05, 3.63) is 34.3 Å². The third-order valence-corrected chi connectivity index (χ3v) is 3.17. The fourth-order valence-corrected chi connectivity index (χ4v) is 2.10. The lowest BCUT2D eigenvalue weighted by atomic mass is 10.0. The van der Waals surface area contributed by atoms with Crippen molar-refractivity contribution in [2.75, 3.05) is 0 Å². The average Bonchev–Trinajstić information content (AvgIpc) is 2.26. The summed E-state index contributed by atoms with van der Waals surface area (Å²) in [5.74, 6) is -1.04. The molecular formula is C12H14BrNO3. The molecule has 17 heavy (non-hydrogen) atoms. The molecule has 1 atom stereocenters. The number of halogens is 1. The van der Waals surface area contributed by atoms with Crippen LogP contribution in [0.4, 0.5) is 0 Å². The van der Waals surface area contributed by atoms with Gasteiger partial charge in [0, 0.05) is 16.1 Å². The molecule has 0 fully saturated rings. The van der Waals surface area contributed by atoms with Crippen molar-refractivity contribution >= 4 is 28.3 Å². The molecule has 5 heteroatoms. The van der Waals surface area contributed by atoms with Crippen LogP contribution in [0.5, 0.6) is 0 Å².